The number of carboxylic acid groups (broad SMARTS) is 1. The van der Waals surface area contributed by atoms with Crippen molar-refractivity contribution < 1.29 is 14.3 Å². The highest BCUT2D eigenvalue weighted by molar-refractivity contribution is 6.30. The maximum Gasteiger partial charge on any atom is 0.358 e. The van der Waals surface area contributed by atoms with Gasteiger partial charge in [-0.25, -0.2) is 9.18 Å². The van der Waals surface area contributed by atoms with Crippen LogP contribution in [0, 0.1) is 5.82 Å². The third kappa shape index (κ3) is 2.43. The topological polar surface area (TPSA) is 81.1 Å². The second-order valence-corrected chi connectivity index (χ2v) is 4.09. The predicted molar refractivity (Wildman–Crippen MR) is 64.1 cm³/mol. The maximum atomic E-state index is 13.2. The molecule has 0 radical (unpaired) electrons. The summed E-state index contributed by atoms with van der Waals surface area (Å²) in [5.41, 5.74) is 5.95. The zero-order valence-electron chi connectivity index (χ0n) is 9.10. The van der Waals surface area contributed by atoms with Crippen LogP contribution in [0.15, 0.2) is 24.4 Å². The van der Waals surface area contributed by atoms with Crippen LogP contribution in [0.3, 0.4) is 0 Å². The summed E-state index contributed by atoms with van der Waals surface area (Å²) in [6, 6.07) is 4.32. The quantitative estimate of drug-likeness (QED) is 0.893. The van der Waals surface area contributed by atoms with Crippen molar-refractivity contribution in [3.8, 4) is 0 Å². The molecule has 0 spiro atoms. The summed E-state index contributed by atoms with van der Waals surface area (Å²) in [7, 11) is 0. The lowest BCUT2D eigenvalue weighted by molar-refractivity contribution is 0.0690. The highest BCUT2D eigenvalue weighted by Crippen LogP contribution is 2.17. The summed E-state index contributed by atoms with van der Waals surface area (Å²) in [5.74, 6) is -1.73. The molecule has 1 aromatic heterocycles. The summed E-state index contributed by atoms with van der Waals surface area (Å²) < 4.78 is 14.5. The van der Waals surface area contributed by atoms with Gasteiger partial charge in [-0.1, -0.05) is 17.7 Å². The molecule has 0 aliphatic rings. The number of benzene rings is 1. The minimum absolute atomic E-state index is 0.0324. The Bertz CT molecular complexity index is 612. The van der Waals surface area contributed by atoms with Gasteiger partial charge in [0, 0.05) is 6.20 Å². The second-order valence-electron chi connectivity index (χ2n) is 3.68. The van der Waals surface area contributed by atoms with E-state index in [9.17, 15) is 9.18 Å². The molecule has 0 fully saturated rings. The molecule has 94 valence electrons. The minimum Gasteiger partial charge on any atom is -0.476 e. The summed E-state index contributed by atoms with van der Waals surface area (Å²) in [6.07, 6.45) is 1.38. The molecule has 1 aromatic carbocycles. The molecule has 3 N–H and O–H groups in total. The van der Waals surface area contributed by atoms with Crippen molar-refractivity contribution in [1.82, 2.24) is 9.78 Å². The van der Waals surface area contributed by atoms with Gasteiger partial charge in [-0.3, -0.25) is 4.68 Å². The Morgan fingerprint density at radius 1 is 1.56 bits per heavy atom. The Morgan fingerprint density at radius 3 is 2.83 bits per heavy atom. The molecule has 0 bridgehead atoms. The first kappa shape index (κ1) is 12.4. The van der Waals surface area contributed by atoms with E-state index in [2.05, 4.69) is 5.10 Å². The van der Waals surface area contributed by atoms with Crippen molar-refractivity contribution in [3.63, 3.8) is 0 Å². The fourth-order valence-corrected chi connectivity index (χ4v) is 1.63. The number of aromatic nitrogens is 2. The van der Waals surface area contributed by atoms with E-state index in [0.29, 0.717) is 5.56 Å². The molecular weight excluding hydrogens is 261 g/mol. The van der Waals surface area contributed by atoms with Gasteiger partial charge >= 0.3 is 5.97 Å². The Labute approximate surface area is 107 Å². The Kier molecular flexibility index (Phi) is 3.20. The number of halogens is 2. The van der Waals surface area contributed by atoms with Gasteiger partial charge in [-0.05, 0) is 17.7 Å². The second kappa shape index (κ2) is 4.66. The van der Waals surface area contributed by atoms with E-state index < -0.39 is 11.8 Å². The zero-order valence-corrected chi connectivity index (χ0v) is 9.86. The third-order valence-corrected chi connectivity index (χ3v) is 2.63. The Balaban J connectivity index is 2.26. The smallest absolute Gasteiger partial charge is 0.358 e. The van der Waals surface area contributed by atoms with Crippen LogP contribution in [0.5, 0.6) is 0 Å². The van der Waals surface area contributed by atoms with E-state index in [-0.39, 0.29) is 22.9 Å². The predicted octanol–water partition coefficient (Wildman–Crippen LogP) is 2.00. The molecule has 0 saturated heterocycles. The molecule has 7 heteroatoms. The largest absolute Gasteiger partial charge is 0.476 e. The number of hydrogen-bond donors (Lipinski definition) is 2. The van der Waals surface area contributed by atoms with E-state index in [1.165, 1.54) is 23.0 Å². The monoisotopic (exact) mass is 269 g/mol. The van der Waals surface area contributed by atoms with Crippen LogP contribution in [-0.4, -0.2) is 20.9 Å². The van der Waals surface area contributed by atoms with Crippen LogP contribution in [0.25, 0.3) is 0 Å². The van der Waals surface area contributed by atoms with E-state index in [4.69, 9.17) is 22.4 Å². The normalized spacial score (nSPS) is 10.6. The summed E-state index contributed by atoms with van der Waals surface area (Å²) in [6.45, 7) is 0.214. The first-order valence-corrected chi connectivity index (χ1v) is 5.35. The van der Waals surface area contributed by atoms with E-state index in [1.807, 2.05) is 0 Å². The van der Waals surface area contributed by atoms with Crippen LogP contribution < -0.4 is 5.73 Å². The van der Waals surface area contributed by atoms with E-state index in [0.717, 1.165) is 0 Å². The first-order chi connectivity index (χ1) is 8.47. The first-order valence-electron chi connectivity index (χ1n) is 4.97. The summed E-state index contributed by atoms with van der Waals surface area (Å²) >= 11 is 5.56. The summed E-state index contributed by atoms with van der Waals surface area (Å²) in [5, 5.41) is 12.6. The Morgan fingerprint density at radius 2 is 2.28 bits per heavy atom. The van der Waals surface area contributed by atoms with Crippen molar-refractivity contribution in [3.05, 3.63) is 46.5 Å². The average Bonchev–Trinajstić information content (AvgIpc) is 2.65. The Hall–Kier alpha value is -2.08. The molecule has 5 nitrogen and oxygen atoms in total. The van der Waals surface area contributed by atoms with E-state index in [1.54, 1.807) is 6.07 Å². The molecule has 1 heterocycles. The SMILES string of the molecule is Nc1cn(Cc2ccc(Cl)c(F)c2)nc1C(=O)O. The standard InChI is InChI=1S/C11H9ClFN3O2/c12-7-2-1-6(3-8(7)13)4-16-5-9(14)10(15-16)11(17)18/h1-3,5H,4,14H2,(H,17,18). The molecule has 2 aromatic rings. The van der Waals surface area contributed by atoms with Crippen LogP contribution >= 0.6 is 11.6 Å². The third-order valence-electron chi connectivity index (χ3n) is 2.32. The summed E-state index contributed by atoms with van der Waals surface area (Å²) in [4.78, 5) is 10.8. The maximum absolute atomic E-state index is 13.2. The lowest BCUT2D eigenvalue weighted by Crippen LogP contribution is -2.04. The molecule has 2 rings (SSSR count). The van der Waals surface area contributed by atoms with Crippen LogP contribution in [0.2, 0.25) is 5.02 Å². The van der Waals surface area contributed by atoms with Gasteiger partial charge in [-0.15, -0.1) is 0 Å². The molecule has 0 amide bonds. The van der Waals surface area contributed by atoms with Gasteiger partial charge in [0.05, 0.1) is 17.3 Å². The number of carboxylic acids is 1. The van der Waals surface area contributed by atoms with Crippen molar-refractivity contribution in [2.24, 2.45) is 0 Å². The van der Waals surface area contributed by atoms with Gasteiger partial charge in [-0.2, -0.15) is 5.10 Å². The number of rotatable bonds is 3. The number of aromatic carboxylic acids is 1. The molecule has 0 aliphatic heterocycles. The molecule has 0 saturated carbocycles. The number of nitrogen functional groups attached to an aromatic ring is 1. The number of nitrogens with zero attached hydrogens (tertiary/aromatic N) is 2. The van der Waals surface area contributed by atoms with E-state index >= 15 is 0 Å². The van der Waals surface area contributed by atoms with Gasteiger partial charge < -0.3 is 10.8 Å². The van der Waals surface area contributed by atoms with Crippen LogP contribution in [0.1, 0.15) is 16.1 Å². The van der Waals surface area contributed by atoms with Gasteiger partial charge in [0.15, 0.2) is 5.69 Å². The van der Waals surface area contributed by atoms with Crippen molar-refractivity contribution >= 4 is 23.3 Å². The zero-order chi connectivity index (χ0) is 13.3. The molecule has 0 aliphatic carbocycles. The highest BCUT2D eigenvalue weighted by atomic mass is 35.5. The van der Waals surface area contributed by atoms with Crippen LogP contribution in [0.4, 0.5) is 10.1 Å². The fraction of sp³-hybridized carbons (Fsp3) is 0.0909. The van der Waals surface area contributed by atoms with Crippen molar-refractivity contribution in [2.75, 3.05) is 5.73 Å². The number of carbonyl (C=O) groups is 1. The minimum atomic E-state index is -1.20. The molecule has 0 atom stereocenters. The highest BCUT2D eigenvalue weighted by Gasteiger charge is 2.13. The lowest BCUT2D eigenvalue weighted by Gasteiger charge is -2.02. The van der Waals surface area contributed by atoms with Crippen molar-refractivity contribution in [1.29, 1.82) is 0 Å². The number of hydrogen-bond acceptors (Lipinski definition) is 3. The number of anilines is 1. The average molecular weight is 270 g/mol. The lowest BCUT2D eigenvalue weighted by atomic mass is 10.2. The van der Waals surface area contributed by atoms with Gasteiger partial charge in [0.1, 0.15) is 5.82 Å². The van der Waals surface area contributed by atoms with Gasteiger partial charge in [0.2, 0.25) is 0 Å². The van der Waals surface area contributed by atoms with Gasteiger partial charge in [0.25, 0.3) is 0 Å². The molecular formula is C11H9ClFN3O2. The van der Waals surface area contributed by atoms with Crippen molar-refractivity contribution in [2.45, 2.75) is 6.54 Å². The molecule has 0 unspecified atom stereocenters. The number of nitrogens with two attached hydrogens (primary N) is 1. The van der Waals surface area contributed by atoms with Crippen LogP contribution in [-0.2, 0) is 6.54 Å². The fourth-order valence-electron chi connectivity index (χ4n) is 1.51. The molecule has 18 heavy (non-hydrogen) atoms.